The molecule has 1 aliphatic heterocycles. The van der Waals surface area contributed by atoms with Crippen LogP contribution in [0, 0.1) is 0 Å². The van der Waals surface area contributed by atoms with E-state index in [0.29, 0.717) is 24.5 Å². The fraction of sp³-hybridized carbons (Fsp3) is 0.278. The Labute approximate surface area is 139 Å². The van der Waals surface area contributed by atoms with Crippen LogP contribution in [0.5, 0.6) is 5.88 Å². The number of nitrogens with zero attached hydrogens (tertiary/aromatic N) is 1. The first-order valence-electron chi connectivity index (χ1n) is 7.82. The SMILES string of the molecule is CCOc1ncccc1CNC(=O)[C@H]1Cc2ccccc2C(=O)O1. The van der Waals surface area contributed by atoms with E-state index in [0.717, 1.165) is 11.1 Å². The lowest BCUT2D eigenvalue weighted by Gasteiger charge is -2.23. The van der Waals surface area contributed by atoms with Crippen molar-refractivity contribution < 1.29 is 19.1 Å². The molecule has 1 aliphatic rings. The summed E-state index contributed by atoms with van der Waals surface area (Å²) >= 11 is 0. The minimum atomic E-state index is -0.820. The van der Waals surface area contributed by atoms with Gasteiger partial charge < -0.3 is 14.8 Å². The third-order valence-electron chi connectivity index (χ3n) is 3.77. The van der Waals surface area contributed by atoms with Gasteiger partial charge in [-0.25, -0.2) is 9.78 Å². The summed E-state index contributed by atoms with van der Waals surface area (Å²) < 4.78 is 10.7. The topological polar surface area (TPSA) is 77.5 Å². The zero-order chi connectivity index (χ0) is 16.9. The van der Waals surface area contributed by atoms with Crippen molar-refractivity contribution in [3.63, 3.8) is 0 Å². The van der Waals surface area contributed by atoms with Gasteiger partial charge in [0.25, 0.3) is 5.91 Å². The molecular weight excluding hydrogens is 308 g/mol. The number of carbonyl (C=O) groups excluding carboxylic acids is 2. The molecule has 6 heteroatoms. The molecule has 0 saturated heterocycles. The number of amides is 1. The summed E-state index contributed by atoms with van der Waals surface area (Å²) in [5.41, 5.74) is 2.12. The molecule has 0 spiro atoms. The van der Waals surface area contributed by atoms with Gasteiger partial charge in [-0.3, -0.25) is 4.79 Å². The van der Waals surface area contributed by atoms with Crippen molar-refractivity contribution in [3.05, 3.63) is 59.3 Å². The van der Waals surface area contributed by atoms with Gasteiger partial charge in [-0.1, -0.05) is 24.3 Å². The van der Waals surface area contributed by atoms with E-state index < -0.39 is 12.1 Å². The number of pyridine rings is 1. The number of hydrogen-bond donors (Lipinski definition) is 1. The Bertz CT molecular complexity index is 760. The van der Waals surface area contributed by atoms with Gasteiger partial charge >= 0.3 is 5.97 Å². The lowest BCUT2D eigenvalue weighted by Crippen LogP contribution is -2.41. The number of aromatic nitrogens is 1. The molecule has 24 heavy (non-hydrogen) atoms. The van der Waals surface area contributed by atoms with Gasteiger partial charge in [-0.15, -0.1) is 0 Å². The fourth-order valence-corrected chi connectivity index (χ4v) is 2.60. The summed E-state index contributed by atoms with van der Waals surface area (Å²) in [4.78, 5) is 28.5. The quantitative estimate of drug-likeness (QED) is 0.849. The molecule has 2 aromatic rings. The monoisotopic (exact) mass is 326 g/mol. The van der Waals surface area contributed by atoms with Crippen molar-refractivity contribution >= 4 is 11.9 Å². The molecule has 0 radical (unpaired) electrons. The van der Waals surface area contributed by atoms with E-state index in [2.05, 4.69) is 10.3 Å². The average Bonchev–Trinajstić information content (AvgIpc) is 2.61. The standard InChI is InChI=1S/C18H18N2O4/c1-2-23-17-13(7-5-9-19-17)11-20-16(21)15-10-12-6-3-4-8-14(12)18(22)24-15/h3-9,15H,2,10-11H2,1H3,(H,20,21)/t15-/m1/s1. The number of carbonyl (C=O) groups is 2. The van der Waals surface area contributed by atoms with Gasteiger partial charge in [0.05, 0.1) is 12.2 Å². The van der Waals surface area contributed by atoms with Crippen molar-refractivity contribution in [3.8, 4) is 5.88 Å². The van der Waals surface area contributed by atoms with Gasteiger partial charge in [-0.05, 0) is 24.6 Å². The van der Waals surface area contributed by atoms with E-state index >= 15 is 0 Å². The summed E-state index contributed by atoms with van der Waals surface area (Å²) in [6.07, 6.45) is 1.19. The number of cyclic esters (lactones) is 1. The maximum atomic E-state index is 12.3. The zero-order valence-electron chi connectivity index (χ0n) is 13.3. The summed E-state index contributed by atoms with van der Waals surface area (Å²) in [5, 5.41) is 2.78. The summed E-state index contributed by atoms with van der Waals surface area (Å²) in [7, 11) is 0. The predicted molar refractivity (Wildman–Crippen MR) is 86.6 cm³/mol. The first kappa shape index (κ1) is 16.0. The Morgan fingerprint density at radius 3 is 3.00 bits per heavy atom. The molecule has 0 bridgehead atoms. The minimum Gasteiger partial charge on any atom is -0.478 e. The molecule has 2 heterocycles. The van der Waals surface area contributed by atoms with Crippen LogP contribution in [0.4, 0.5) is 0 Å². The molecule has 1 amide bonds. The number of esters is 1. The average molecular weight is 326 g/mol. The third-order valence-corrected chi connectivity index (χ3v) is 3.77. The summed E-state index contributed by atoms with van der Waals surface area (Å²) in [6.45, 7) is 2.63. The van der Waals surface area contributed by atoms with Crippen LogP contribution in [0.2, 0.25) is 0 Å². The Morgan fingerprint density at radius 2 is 2.17 bits per heavy atom. The molecule has 1 aromatic heterocycles. The second-order valence-electron chi connectivity index (χ2n) is 5.37. The summed E-state index contributed by atoms with van der Waals surface area (Å²) in [6, 6.07) is 10.8. The van der Waals surface area contributed by atoms with Crippen molar-refractivity contribution in [2.75, 3.05) is 6.61 Å². The minimum absolute atomic E-state index is 0.262. The fourth-order valence-electron chi connectivity index (χ4n) is 2.60. The van der Waals surface area contributed by atoms with Gasteiger partial charge in [0.1, 0.15) is 0 Å². The normalized spacial score (nSPS) is 16.0. The Hall–Kier alpha value is -2.89. The smallest absolute Gasteiger partial charge is 0.339 e. The third kappa shape index (κ3) is 3.37. The highest BCUT2D eigenvalue weighted by molar-refractivity contribution is 5.95. The lowest BCUT2D eigenvalue weighted by atomic mass is 9.98. The van der Waals surface area contributed by atoms with Crippen molar-refractivity contribution in [1.82, 2.24) is 10.3 Å². The maximum Gasteiger partial charge on any atom is 0.339 e. The Kier molecular flexibility index (Phi) is 4.74. The molecule has 1 atom stereocenters. The molecule has 0 aliphatic carbocycles. The molecule has 0 unspecified atom stereocenters. The molecule has 6 nitrogen and oxygen atoms in total. The first-order chi connectivity index (χ1) is 11.7. The number of nitrogens with one attached hydrogen (secondary N) is 1. The molecule has 0 fully saturated rings. The van der Waals surface area contributed by atoms with Crippen molar-refractivity contribution in [2.45, 2.75) is 26.0 Å². The molecule has 124 valence electrons. The lowest BCUT2D eigenvalue weighted by molar-refractivity contribution is -0.130. The Balaban J connectivity index is 1.65. The van der Waals surface area contributed by atoms with E-state index in [-0.39, 0.29) is 12.5 Å². The van der Waals surface area contributed by atoms with Crippen LogP contribution in [0.25, 0.3) is 0 Å². The van der Waals surface area contributed by atoms with Gasteiger partial charge in [0.2, 0.25) is 5.88 Å². The van der Waals surface area contributed by atoms with Crippen LogP contribution in [-0.4, -0.2) is 29.6 Å². The van der Waals surface area contributed by atoms with Crippen molar-refractivity contribution in [1.29, 1.82) is 0 Å². The highest BCUT2D eigenvalue weighted by Crippen LogP contribution is 2.21. The van der Waals surface area contributed by atoms with Gasteiger partial charge in [0.15, 0.2) is 6.10 Å². The van der Waals surface area contributed by atoms with E-state index in [1.165, 1.54) is 0 Å². The number of ether oxygens (including phenoxy) is 2. The highest BCUT2D eigenvalue weighted by atomic mass is 16.5. The van der Waals surface area contributed by atoms with Crippen LogP contribution in [-0.2, 0) is 22.5 Å². The van der Waals surface area contributed by atoms with Crippen LogP contribution in [0.1, 0.15) is 28.4 Å². The van der Waals surface area contributed by atoms with Gasteiger partial charge in [-0.2, -0.15) is 0 Å². The zero-order valence-corrected chi connectivity index (χ0v) is 13.3. The first-order valence-corrected chi connectivity index (χ1v) is 7.82. The van der Waals surface area contributed by atoms with Crippen LogP contribution in [0.15, 0.2) is 42.6 Å². The van der Waals surface area contributed by atoms with Crippen LogP contribution >= 0.6 is 0 Å². The largest absolute Gasteiger partial charge is 0.478 e. The summed E-state index contributed by atoms with van der Waals surface area (Å²) in [5.74, 6) is -0.302. The number of fused-ring (bicyclic) bond motifs is 1. The second-order valence-corrected chi connectivity index (χ2v) is 5.37. The van der Waals surface area contributed by atoms with Gasteiger partial charge in [0, 0.05) is 24.7 Å². The number of benzene rings is 1. The number of rotatable bonds is 5. The highest BCUT2D eigenvalue weighted by Gasteiger charge is 2.30. The van der Waals surface area contributed by atoms with E-state index in [4.69, 9.17) is 9.47 Å². The predicted octanol–water partition coefficient (Wildman–Crippen LogP) is 1.88. The maximum absolute atomic E-state index is 12.3. The second kappa shape index (κ2) is 7.12. The number of hydrogen-bond acceptors (Lipinski definition) is 5. The van der Waals surface area contributed by atoms with E-state index in [1.807, 2.05) is 25.1 Å². The van der Waals surface area contributed by atoms with Crippen LogP contribution < -0.4 is 10.1 Å². The molecule has 3 rings (SSSR count). The van der Waals surface area contributed by atoms with Crippen molar-refractivity contribution in [2.24, 2.45) is 0 Å². The Morgan fingerprint density at radius 1 is 1.33 bits per heavy atom. The molecule has 0 saturated carbocycles. The van der Waals surface area contributed by atoms with E-state index in [9.17, 15) is 9.59 Å². The van der Waals surface area contributed by atoms with E-state index in [1.54, 1.807) is 24.4 Å². The van der Waals surface area contributed by atoms with Crippen LogP contribution in [0.3, 0.4) is 0 Å². The molecule has 1 aromatic carbocycles. The molecular formula is C18H18N2O4. The molecule has 1 N–H and O–H groups in total.